The SMILES string of the molecule is CC1(C)CCC(CNCCc2ccco2)O1. The minimum Gasteiger partial charge on any atom is -0.469 e. The molecule has 0 radical (unpaired) electrons. The quantitative estimate of drug-likeness (QED) is 0.778. The van der Waals surface area contributed by atoms with Crippen LogP contribution in [0.3, 0.4) is 0 Å². The topological polar surface area (TPSA) is 34.4 Å². The second kappa shape index (κ2) is 5.02. The molecule has 1 atom stereocenters. The number of furan rings is 1. The Morgan fingerprint density at radius 1 is 1.50 bits per heavy atom. The molecule has 0 bridgehead atoms. The van der Waals surface area contributed by atoms with E-state index in [0.717, 1.165) is 31.7 Å². The molecule has 3 nitrogen and oxygen atoms in total. The molecule has 0 saturated carbocycles. The minimum absolute atomic E-state index is 0.0767. The maximum absolute atomic E-state index is 5.90. The molecule has 1 aliphatic rings. The molecule has 3 heteroatoms. The molecule has 0 spiro atoms. The highest BCUT2D eigenvalue weighted by Gasteiger charge is 2.30. The van der Waals surface area contributed by atoms with Crippen LogP contribution in [0.25, 0.3) is 0 Å². The summed E-state index contributed by atoms with van der Waals surface area (Å²) in [6.07, 6.45) is 5.38. The van der Waals surface area contributed by atoms with E-state index in [1.54, 1.807) is 6.26 Å². The van der Waals surface area contributed by atoms with Crippen molar-refractivity contribution in [3.8, 4) is 0 Å². The maximum atomic E-state index is 5.90. The molecular formula is C13H21NO2. The van der Waals surface area contributed by atoms with E-state index in [1.807, 2.05) is 12.1 Å². The van der Waals surface area contributed by atoms with E-state index in [2.05, 4.69) is 19.2 Å². The van der Waals surface area contributed by atoms with Crippen LogP contribution in [0, 0.1) is 0 Å². The third-order valence-corrected chi connectivity index (χ3v) is 3.05. The van der Waals surface area contributed by atoms with Crippen molar-refractivity contribution in [2.24, 2.45) is 0 Å². The van der Waals surface area contributed by atoms with Crippen LogP contribution >= 0.6 is 0 Å². The normalized spacial score (nSPS) is 23.8. The molecule has 1 unspecified atom stereocenters. The smallest absolute Gasteiger partial charge is 0.105 e. The van der Waals surface area contributed by atoms with Crippen LogP contribution in [0.1, 0.15) is 32.4 Å². The number of hydrogen-bond acceptors (Lipinski definition) is 3. The first-order valence-electron chi connectivity index (χ1n) is 6.07. The van der Waals surface area contributed by atoms with E-state index in [-0.39, 0.29) is 5.60 Å². The molecular weight excluding hydrogens is 202 g/mol. The van der Waals surface area contributed by atoms with Crippen LogP contribution in [0.15, 0.2) is 22.8 Å². The lowest BCUT2D eigenvalue weighted by Gasteiger charge is -2.19. The van der Waals surface area contributed by atoms with E-state index in [0.29, 0.717) is 6.10 Å². The monoisotopic (exact) mass is 223 g/mol. The third kappa shape index (κ3) is 3.35. The highest BCUT2D eigenvalue weighted by atomic mass is 16.5. The van der Waals surface area contributed by atoms with Gasteiger partial charge in [0.1, 0.15) is 5.76 Å². The fourth-order valence-electron chi connectivity index (χ4n) is 2.15. The molecule has 90 valence electrons. The average molecular weight is 223 g/mol. The Hall–Kier alpha value is -0.800. The predicted octanol–water partition coefficient (Wildman–Crippen LogP) is 2.37. The average Bonchev–Trinajstić information content (AvgIpc) is 2.82. The molecule has 1 aromatic rings. The Kier molecular flexibility index (Phi) is 3.66. The number of rotatable bonds is 5. The van der Waals surface area contributed by atoms with Crippen molar-refractivity contribution < 1.29 is 9.15 Å². The van der Waals surface area contributed by atoms with Gasteiger partial charge in [-0.05, 0) is 38.8 Å². The zero-order valence-corrected chi connectivity index (χ0v) is 10.2. The molecule has 1 aromatic heterocycles. The Morgan fingerprint density at radius 3 is 3.00 bits per heavy atom. The molecule has 0 aromatic carbocycles. The van der Waals surface area contributed by atoms with E-state index < -0.39 is 0 Å². The molecule has 0 aliphatic carbocycles. The van der Waals surface area contributed by atoms with Gasteiger partial charge in [-0.15, -0.1) is 0 Å². The summed E-state index contributed by atoms with van der Waals surface area (Å²) < 4.78 is 11.2. The minimum atomic E-state index is 0.0767. The highest BCUT2D eigenvalue weighted by molar-refractivity contribution is 4.98. The molecule has 2 rings (SSSR count). The fraction of sp³-hybridized carbons (Fsp3) is 0.692. The standard InChI is InChI=1S/C13H21NO2/c1-13(2)7-5-12(16-13)10-14-8-6-11-4-3-9-15-11/h3-4,9,12,14H,5-8,10H2,1-2H3. The molecule has 1 fully saturated rings. The highest BCUT2D eigenvalue weighted by Crippen LogP contribution is 2.28. The Bertz CT molecular complexity index is 306. The lowest BCUT2D eigenvalue weighted by molar-refractivity contribution is -0.0141. The zero-order valence-electron chi connectivity index (χ0n) is 10.2. The van der Waals surface area contributed by atoms with Crippen molar-refractivity contribution >= 4 is 0 Å². The van der Waals surface area contributed by atoms with Crippen LogP contribution in [-0.2, 0) is 11.2 Å². The third-order valence-electron chi connectivity index (χ3n) is 3.05. The second-order valence-electron chi connectivity index (χ2n) is 5.07. The number of hydrogen-bond donors (Lipinski definition) is 1. The summed E-state index contributed by atoms with van der Waals surface area (Å²) in [6.45, 7) is 6.23. The van der Waals surface area contributed by atoms with Crippen molar-refractivity contribution in [2.45, 2.75) is 44.8 Å². The Balaban J connectivity index is 1.59. The van der Waals surface area contributed by atoms with Crippen LogP contribution in [-0.4, -0.2) is 24.8 Å². The van der Waals surface area contributed by atoms with Crippen LogP contribution in [0.5, 0.6) is 0 Å². The first-order valence-corrected chi connectivity index (χ1v) is 6.07. The lowest BCUT2D eigenvalue weighted by Crippen LogP contribution is -2.30. The maximum Gasteiger partial charge on any atom is 0.105 e. The molecule has 16 heavy (non-hydrogen) atoms. The van der Waals surface area contributed by atoms with Crippen molar-refractivity contribution in [1.29, 1.82) is 0 Å². The summed E-state index contributed by atoms with van der Waals surface area (Å²) in [6, 6.07) is 3.94. The van der Waals surface area contributed by atoms with Crippen LogP contribution < -0.4 is 5.32 Å². The van der Waals surface area contributed by atoms with Gasteiger partial charge < -0.3 is 14.5 Å². The van der Waals surface area contributed by atoms with Gasteiger partial charge in [-0.2, -0.15) is 0 Å². The summed E-state index contributed by atoms with van der Waals surface area (Å²) in [4.78, 5) is 0. The van der Waals surface area contributed by atoms with E-state index >= 15 is 0 Å². The van der Waals surface area contributed by atoms with Crippen LogP contribution in [0.2, 0.25) is 0 Å². The summed E-state index contributed by atoms with van der Waals surface area (Å²) in [5, 5.41) is 3.42. The van der Waals surface area contributed by atoms with Gasteiger partial charge >= 0.3 is 0 Å². The molecule has 2 heterocycles. The van der Waals surface area contributed by atoms with Gasteiger partial charge in [0, 0.05) is 19.5 Å². The Labute approximate surface area is 97.2 Å². The molecule has 0 amide bonds. The van der Waals surface area contributed by atoms with Crippen molar-refractivity contribution in [1.82, 2.24) is 5.32 Å². The number of nitrogens with one attached hydrogen (secondary N) is 1. The predicted molar refractivity (Wildman–Crippen MR) is 63.5 cm³/mol. The first-order chi connectivity index (χ1) is 7.66. The van der Waals surface area contributed by atoms with Gasteiger partial charge in [-0.3, -0.25) is 0 Å². The largest absolute Gasteiger partial charge is 0.469 e. The van der Waals surface area contributed by atoms with Crippen molar-refractivity contribution in [3.63, 3.8) is 0 Å². The molecule has 1 saturated heterocycles. The van der Waals surface area contributed by atoms with Gasteiger partial charge in [0.25, 0.3) is 0 Å². The van der Waals surface area contributed by atoms with Gasteiger partial charge in [0.2, 0.25) is 0 Å². The van der Waals surface area contributed by atoms with Gasteiger partial charge in [-0.1, -0.05) is 0 Å². The second-order valence-corrected chi connectivity index (χ2v) is 5.07. The van der Waals surface area contributed by atoms with Gasteiger partial charge in [-0.25, -0.2) is 0 Å². The molecule has 1 aliphatic heterocycles. The fourth-order valence-corrected chi connectivity index (χ4v) is 2.15. The van der Waals surface area contributed by atoms with Crippen molar-refractivity contribution in [3.05, 3.63) is 24.2 Å². The van der Waals surface area contributed by atoms with Crippen LogP contribution in [0.4, 0.5) is 0 Å². The zero-order chi connectivity index (χ0) is 11.4. The van der Waals surface area contributed by atoms with Gasteiger partial charge in [0.15, 0.2) is 0 Å². The summed E-state index contributed by atoms with van der Waals surface area (Å²) in [7, 11) is 0. The lowest BCUT2D eigenvalue weighted by atomic mass is 10.1. The molecule has 1 N–H and O–H groups in total. The van der Waals surface area contributed by atoms with E-state index in [1.165, 1.54) is 6.42 Å². The van der Waals surface area contributed by atoms with E-state index in [4.69, 9.17) is 9.15 Å². The van der Waals surface area contributed by atoms with Gasteiger partial charge in [0.05, 0.1) is 18.0 Å². The first kappa shape index (κ1) is 11.7. The summed E-state index contributed by atoms with van der Waals surface area (Å²) in [5.74, 6) is 1.04. The van der Waals surface area contributed by atoms with E-state index in [9.17, 15) is 0 Å². The Morgan fingerprint density at radius 2 is 2.38 bits per heavy atom. The number of ether oxygens (including phenoxy) is 1. The summed E-state index contributed by atoms with van der Waals surface area (Å²) >= 11 is 0. The summed E-state index contributed by atoms with van der Waals surface area (Å²) in [5.41, 5.74) is 0.0767. The van der Waals surface area contributed by atoms with Crippen molar-refractivity contribution in [2.75, 3.05) is 13.1 Å².